The third kappa shape index (κ3) is 4.37. The summed E-state index contributed by atoms with van der Waals surface area (Å²) in [5.74, 6) is 0.353. The first-order valence-corrected chi connectivity index (χ1v) is 11.5. The van der Waals surface area contributed by atoms with Crippen LogP contribution in [-0.4, -0.2) is 22.1 Å². The number of carbonyl (C=O) groups excluding carboxylic acids is 1. The van der Waals surface area contributed by atoms with E-state index in [9.17, 15) is 9.59 Å². The van der Waals surface area contributed by atoms with Gasteiger partial charge in [-0.25, -0.2) is 4.98 Å². The molecule has 0 radical (unpaired) electrons. The Balaban J connectivity index is 1.68. The van der Waals surface area contributed by atoms with Crippen molar-refractivity contribution in [3.8, 4) is 16.9 Å². The van der Waals surface area contributed by atoms with Crippen LogP contribution in [0.3, 0.4) is 0 Å². The van der Waals surface area contributed by atoms with E-state index < -0.39 is 11.9 Å². The molecular weight excluding hydrogens is 469 g/mol. The minimum Gasteiger partial charge on any atom is -0.494 e. The first-order valence-electron chi connectivity index (χ1n) is 9.86. The molecule has 0 bridgehead atoms. The lowest BCUT2D eigenvalue weighted by Crippen LogP contribution is -2.31. The van der Waals surface area contributed by atoms with Gasteiger partial charge < -0.3 is 10.1 Å². The zero-order chi connectivity index (χ0) is 22.8. The summed E-state index contributed by atoms with van der Waals surface area (Å²) in [5.41, 5.74) is 1.73. The number of nitrogens with zero attached hydrogens (tertiary/aromatic N) is 2. The zero-order valence-electron chi connectivity index (χ0n) is 17.3. The maximum Gasteiger partial charge on any atom is 0.263 e. The monoisotopic (exact) mass is 487 g/mol. The molecule has 1 amide bonds. The van der Waals surface area contributed by atoms with Crippen molar-refractivity contribution >= 4 is 56.3 Å². The van der Waals surface area contributed by atoms with Crippen LogP contribution in [0.5, 0.6) is 5.75 Å². The molecule has 0 aliphatic carbocycles. The Labute approximate surface area is 198 Å². The number of fused-ring (bicyclic) bond motifs is 1. The molecule has 0 saturated heterocycles. The molecule has 0 aliphatic heterocycles. The van der Waals surface area contributed by atoms with Crippen LogP contribution >= 0.6 is 34.5 Å². The van der Waals surface area contributed by atoms with Crippen molar-refractivity contribution < 1.29 is 9.53 Å². The number of thiophene rings is 1. The van der Waals surface area contributed by atoms with Gasteiger partial charge in [0.2, 0.25) is 5.91 Å². The minimum absolute atomic E-state index is 0.292. The number of aromatic nitrogens is 2. The fourth-order valence-corrected chi connectivity index (χ4v) is 4.53. The van der Waals surface area contributed by atoms with Crippen LogP contribution in [0, 0.1) is 0 Å². The highest BCUT2D eigenvalue weighted by atomic mass is 35.5. The number of hydrogen-bond donors (Lipinski definition) is 1. The quantitative estimate of drug-likeness (QED) is 0.360. The third-order valence-electron chi connectivity index (χ3n) is 4.98. The van der Waals surface area contributed by atoms with E-state index in [1.54, 1.807) is 25.1 Å². The SMILES string of the molecule is CCOc1ccc(-c2csc3ncn(C(C)C(=O)Nc4cc(Cl)ccc4Cl)c(=O)c23)cc1. The molecule has 2 aromatic heterocycles. The van der Waals surface area contributed by atoms with Crippen molar-refractivity contribution in [1.82, 2.24) is 9.55 Å². The summed E-state index contributed by atoms with van der Waals surface area (Å²) in [7, 11) is 0. The van der Waals surface area contributed by atoms with Crippen LogP contribution in [0.2, 0.25) is 10.0 Å². The molecule has 2 heterocycles. The number of rotatable bonds is 6. The van der Waals surface area contributed by atoms with Crippen molar-refractivity contribution in [3.63, 3.8) is 0 Å². The Hall–Kier alpha value is -2.87. The predicted molar refractivity (Wildman–Crippen MR) is 130 cm³/mol. The molecule has 1 atom stereocenters. The van der Waals surface area contributed by atoms with E-state index in [2.05, 4.69) is 10.3 Å². The molecule has 0 saturated carbocycles. The van der Waals surface area contributed by atoms with Gasteiger partial charge in [0.15, 0.2) is 0 Å². The van der Waals surface area contributed by atoms with Crippen LogP contribution < -0.4 is 15.6 Å². The molecule has 4 aromatic rings. The van der Waals surface area contributed by atoms with Gasteiger partial charge in [-0.05, 0) is 49.7 Å². The fraction of sp³-hybridized carbons (Fsp3) is 0.174. The van der Waals surface area contributed by atoms with Crippen molar-refractivity contribution in [2.24, 2.45) is 0 Å². The molecule has 0 aliphatic rings. The summed E-state index contributed by atoms with van der Waals surface area (Å²) in [6.07, 6.45) is 1.40. The van der Waals surface area contributed by atoms with Crippen molar-refractivity contribution in [3.05, 3.63) is 74.6 Å². The van der Waals surface area contributed by atoms with E-state index in [1.165, 1.54) is 22.2 Å². The van der Waals surface area contributed by atoms with Crippen LogP contribution in [0.4, 0.5) is 5.69 Å². The topological polar surface area (TPSA) is 73.2 Å². The summed E-state index contributed by atoms with van der Waals surface area (Å²) in [6.45, 7) is 4.13. The normalized spacial score (nSPS) is 12.0. The molecule has 1 N–H and O–H groups in total. The third-order valence-corrected chi connectivity index (χ3v) is 6.43. The Kier molecular flexibility index (Phi) is 6.50. The number of hydrogen-bond acceptors (Lipinski definition) is 5. The summed E-state index contributed by atoms with van der Waals surface area (Å²) < 4.78 is 6.81. The van der Waals surface area contributed by atoms with E-state index in [1.807, 2.05) is 36.6 Å². The summed E-state index contributed by atoms with van der Waals surface area (Å²) in [4.78, 5) is 31.2. The van der Waals surface area contributed by atoms with Gasteiger partial charge in [0.25, 0.3) is 5.56 Å². The molecular formula is C23H19Cl2N3O3S. The van der Waals surface area contributed by atoms with Gasteiger partial charge in [-0.2, -0.15) is 0 Å². The number of ether oxygens (including phenoxy) is 1. The Bertz CT molecular complexity index is 1350. The van der Waals surface area contributed by atoms with Crippen LogP contribution in [0.25, 0.3) is 21.3 Å². The molecule has 1 unspecified atom stereocenters. The summed E-state index contributed by atoms with van der Waals surface area (Å²) in [5, 5.41) is 5.90. The van der Waals surface area contributed by atoms with E-state index in [0.29, 0.717) is 32.6 Å². The van der Waals surface area contributed by atoms with Gasteiger partial charge in [0, 0.05) is 16.0 Å². The largest absolute Gasteiger partial charge is 0.494 e. The van der Waals surface area contributed by atoms with Crippen LogP contribution in [0.15, 0.2) is 59.0 Å². The summed E-state index contributed by atoms with van der Waals surface area (Å²) in [6, 6.07) is 11.5. The van der Waals surface area contributed by atoms with Gasteiger partial charge in [0.1, 0.15) is 16.6 Å². The zero-order valence-corrected chi connectivity index (χ0v) is 19.6. The average molecular weight is 488 g/mol. The summed E-state index contributed by atoms with van der Waals surface area (Å²) >= 11 is 13.5. The molecule has 9 heteroatoms. The minimum atomic E-state index is -0.817. The lowest BCUT2D eigenvalue weighted by atomic mass is 10.1. The van der Waals surface area contributed by atoms with E-state index >= 15 is 0 Å². The number of halogens is 2. The Morgan fingerprint density at radius 1 is 1.22 bits per heavy atom. The van der Waals surface area contributed by atoms with Crippen LogP contribution in [0.1, 0.15) is 19.9 Å². The van der Waals surface area contributed by atoms with E-state index in [4.69, 9.17) is 27.9 Å². The molecule has 0 fully saturated rings. The van der Waals surface area contributed by atoms with Crippen molar-refractivity contribution in [2.45, 2.75) is 19.9 Å². The standard InChI is InChI=1S/C23H19Cl2N3O3S/c1-3-31-16-7-4-14(5-8-16)17-11-32-22-20(17)23(30)28(12-26-22)13(2)21(29)27-19-10-15(24)6-9-18(19)25/h4-13H,3H2,1-2H3,(H,27,29). The van der Waals surface area contributed by atoms with Crippen molar-refractivity contribution in [2.75, 3.05) is 11.9 Å². The number of amides is 1. The van der Waals surface area contributed by atoms with E-state index in [0.717, 1.165) is 16.9 Å². The Morgan fingerprint density at radius 3 is 2.69 bits per heavy atom. The smallest absolute Gasteiger partial charge is 0.263 e. The fourth-order valence-electron chi connectivity index (χ4n) is 3.29. The van der Waals surface area contributed by atoms with E-state index in [-0.39, 0.29) is 5.56 Å². The van der Waals surface area contributed by atoms with Gasteiger partial charge in [-0.3, -0.25) is 14.2 Å². The highest BCUT2D eigenvalue weighted by molar-refractivity contribution is 7.17. The lowest BCUT2D eigenvalue weighted by Gasteiger charge is -2.16. The number of carbonyl (C=O) groups is 1. The molecule has 32 heavy (non-hydrogen) atoms. The van der Waals surface area contributed by atoms with Gasteiger partial charge in [0.05, 0.1) is 29.0 Å². The molecule has 0 spiro atoms. The second kappa shape index (κ2) is 9.32. The van der Waals surface area contributed by atoms with Gasteiger partial charge in [-0.15, -0.1) is 11.3 Å². The molecule has 4 rings (SSSR count). The predicted octanol–water partition coefficient (Wildman–Crippen LogP) is 6.03. The molecule has 6 nitrogen and oxygen atoms in total. The first kappa shape index (κ1) is 22.3. The Morgan fingerprint density at radius 2 is 1.97 bits per heavy atom. The second-order valence-electron chi connectivity index (χ2n) is 7.03. The average Bonchev–Trinajstić information content (AvgIpc) is 3.22. The lowest BCUT2D eigenvalue weighted by molar-refractivity contribution is -0.118. The van der Waals surface area contributed by atoms with Crippen molar-refractivity contribution in [1.29, 1.82) is 0 Å². The molecule has 164 valence electrons. The maximum atomic E-state index is 13.4. The van der Waals surface area contributed by atoms with Crippen LogP contribution in [-0.2, 0) is 4.79 Å². The number of anilines is 1. The molecule has 2 aromatic carbocycles. The highest BCUT2D eigenvalue weighted by Crippen LogP contribution is 2.32. The van der Waals surface area contributed by atoms with Gasteiger partial charge in [-0.1, -0.05) is 35.3 Å². The maximum absolute atomic E-state index is 13.4. The first-order chi connectivity index (χ1) is 15.4. The highest BCUT2D eigenvalue weighted by Gasteiger charge is 2.21. The van der Waals surface area contributed by atoms with Gasteiger partial charge >= 0.3 is 0 Å². The number of nitrogens with one attached hydrogen (secondary N) is 1. The number of benzene rings is 2. The second-order valence-corrected chi connectivity index (χ2v) is 8.74.